The first-order valence-electron chi connectivity index (χ1n) is 7.57. The summed E-state index contributed by atoms with van der Waals surface area (Å²) in [5.41, 5.74) is 1.40. The van der Waals surface area contributed by atoms with E-state index in [0.29, 0.717) is 0 Å². The van der Waals surface area contributed by atoms with Crippen molar-refractivity contribution in [1.29, 1.82) is 0 Å². The molecular weight excluding hydrogens is 248 g/mol. The maximum atomic E-state index is 5.92. The lowest BCUT2D eigenvalue weighted by molar-refractivity contribution is 0.134. The van der Waals surface area contributed by atoms with Gasteiger partial charge < -0.3 is 9.73 Å². The molecule has 0 amide bonds. The van der Waals surface area contributed by atoms with Crippen LogP contribution in [0.5, 0.6) is 0 Å². The molecule has 0 radical (unpaired) electrons. The third-order valence-corrected chi connectivity index (χ3v) is 3.88. The molecule has 0 saturated heterocycles. The van der Waals surface area contributed by atoms with Crippen LogP contribution < -0.4 is 5.32 Å². The third-order valence-electron chi connectivity index (χ3n) is 3.88. The van der Waals surface area contributed by atoms with Crippen molar-refractivity contribution >= 4 is 0 Å². The zero-order valence-electron chi connectivity index (χ0n) is 13.3. The van der Waals surface area contributed by atoms with Crippen LogP contribution >= 0.6 is 0 Å². The number of nitrogens with zero attached hydrogens (tertiary/aromatic N) is 1. The lowest BCUT2D eigenvalue weighted by atomic mass is 10.1. The molecule has 1 aromatic rings. The van der Waals surface area contributed by atoms with Gasteiger partial charge in [-0.1, -0.05) is 6.08 Å². The molecule has 0 atom stereocenters. The van der Waals surface area contributed by atoms with Gasteiger partial charge in [0.15, 0.2) is 0 Å². The lowest BCUT2D eigenvalue weighted by Gasteiger charge is -2.34. The summed E-state index contributed by atoms with van der Waals surface area (Å²) in [5.74, 6) is 2.09. The van der Waals surface area contributed by atoms with Crippen molar-refractivity contribution in [3.05, 3.63) is 35.8 Å². The quantitative estimate of drug-likeness (QED) is 0.771. The van der Waals surface area contributed by atoms with E-state index in [0.717, 1.165) is 37.2 Å². The Balaban J connectivity index is 2.00. The first-order valence-corrected chi connectivity index (χ1v) is 7.57. The second kappa shape index (κ2) is 6.15. The maximum Gasteiger partial charge on any atom is 0.118 e. The van der Waals surface area contributed by atoms with Crippen LogP contribution in [-0.2, 0) is 13.1 Å². The summed E-state index contributed by atoms with van der Waals surface area (Å²) >= 11 is 0. The summed E-state index contributed by atoms with van der Waals surface area (Å²) in [6.45, 7) is 15.2. The van der Waals surface area contributed by atoms with Crippen molar-refractivity contribution in [2.75, 3.05) is 6.54 Å². The first kappa shape index (κ1) is 15.3. The van der Waals surface area contributed by atoms with Crippen LogP contribution in [0.4, 0.5) is 0 Å². The summed E-state index contributed by atoms with van der Waals surface area (Å²) in [7, 11) is 0. The molecule has 1 aliphatic rings. The molecule has 1 aromatic heterocycles. The Morgan fingerprint density at radius 2 is 2.15 bits per heavy atom. The van der Waals surface area contributed by atoms with Crippen LogP contribution in [0.25, 0.3) is 0 Å². The highest BCUT2D eigenvalue weighted by Gasteiger charge is 2.23. The zero-order valence-corrected chi connectivity index (χ0v) is 13.3. The van der Waals surface area contributed by atoms with E-state index in [9.17, 15) is 0 Å². The Morgan fingerprint density at radius 3 is 2.70 bits per heavy atom. The molecule has 1 fully saturated rings. The second-order valence-electron chi connectivity index (χ2n) is 6.79. The molecule has 112 valence electrons. The number of nitrogens with one attached hydrogen (secondary N) is 1. The summed E-state index contributed by atoms with van der Waals surface area (Å²) in [6, 6.07) is 2.94. The molecule has 1 saturated carbocycles. The van der Waals surface area contributed by atoms with Gasteiger partial charge in [-0.25, -0.2) is 0 Å². The molecule has 1 N–H and O–H groups in total. The molecule has 1 heterocycles. The Morgan fingerprint density at radius 1 is 1.45 bits per heavy atom. The van der Waals surface area contributed by atoms with Gasteiger partial charge in [-0.2, -0.15) is 0 Å². The molecule has 3 nitrogen and oxygen atoms in total. The number of rotatable bonds is 7. The fourth-order valence-corrected chi connectivity index (χ4v) is 2.30. The minimum Gasteiger partial charge on any atom is -0.465 e. The maximum absolute atomic E-state index is 5.92. The summed E-state index contributed by atoms with van der Waals surface area (Å²) < 4.78 is 5.92. The van der Waals surface area contributed by atoms with Crippen LogP contribution in [0.2, 0.25) is 0 Å². The zero-order chi connectivity index (χ0) is 14.8. The van der Waals surface area contributed by atoms with Crippen LogP contribution in [0, 0.1) is 6.92 Å². The fourth-order valence-electron chi connectivity index (χ4n) is 2.30. The van der Waals surface area contributed by atoms with Gasteiger partial charge >= 0.3 is 0 Å². The number of hydrogen-bond acceptors (Lipinski definition) is 3. The standard InChI is InChI=1S/C17H28N2O/c1-6-9-19(17(3,4)5)12-16-10-14(13(2)20-16)11-18-15-7-8-15/h6,10,15,18H,1,7-9,11-12H2,2-5H3. The molecule has 0 aliphatic heterocycles. The minimum atomic E-state index is 0.112. The van der Waals surface area contributed by atoms with Gasteiger partial charge in [0, 0.05) is 30.2 Å². The average Bonchev–Trinajstić information content (AvgIpc) is 3.10. The Labute approximate surface area is 123 Å². The molecule has 1 aliphatic carbocycles. The highest BCUT2D eigenvalue weighted by atomic mass is 16.3. The van der Waals surface area contributed by atoms with Gasteiger partial charge in [-0.05, 0) is 46.6 Å². The SMILES string of the molecule is C=CCN(Cc1cc(CNC2CC2)c(C)o1)C(C)(C)C. The van der Waals surface area contributed by atoms with Crippen molar-refractivity contribution in [2.24, 2.45) is 0 Å². The van der Waals surface area contributed by atoms with Crippen LogP contribution in [0.1, 0.15) is 50.7 Å². The third kappa shape index (κ3) is 4.22. The normalized spacial score (nSPS) is 15.8. The van der Waals surface area contributed by atoms with Crippen LogP contribution in [0.15, 0.2) is 23.1 Å². The van der Waals surface area contributed by atoms with Crippen molar-refractivity contribution in [2.45, 2.75) is 65.2 Å². The number of aryl methyl sites for hydroxylation is 1. The average molecular weight is 276 g/mol. The van der Waals surface area contributed by atoms with Crippen molar-refractivity contribution in [1.82, 2.24) is 10.2 Å². The van der Waals surface area contributed by atoms with Gasteiger partial charge in [0.25, 0.3) is 0 Å². The predicted molar refractivity (Wildman–Crippen MR) is 83.7 cm³/mol. The van der Waals surface area contributed by atoms with E-state index in [-0.39, 0.29) is 5.54 Å². The number of hydrogen-bond donors (Lipinski definition) is 1. The molecule has 0 aromatic carbocycles. The van der Waals surface area contributed by atoms with Gasteiger partial charge in [0.1, 0.15) is 11.5 Å². The molecule has 0 unspecified atom stereocenters. The largest absolute Gasteiger partial charge is 0.465 e. The summed E-state index contributed by atoms with van der Waals surface area (Å²) in [6.07, 6.45) is 4.60. The highest BCUT2D eigenvalue weighted by molar-refractivity contribution is 5.21. The van der Waals surface area contributed by atoms with Crippen molar-refractivity contribution < 1.29 is 4.42 Å². The highest BCUT2D eigenvalue weighted by Crippen LogP contribution is 2.23. The van der Waals surface area contributed by atoms with Crippen LogP contribution in [-0.4, -0.2) is 23.0 Å². The predicted octanol–water partition coefficient (Wildman–Crippen LogP) is 3.63. The molecule has 20 heavy (non-hydrogen) atoms. The lowest BCUT2D eigenvalue weighted by Crippen LogP contribution is -2.40. The molecule has 0 bridgehead atoms. The van der Waals surface area contributed by atoms with Gasteiger partial charge in [-0.3, -0.25) is 4.90 Å². The summed E-state index contributed by atoms with van der Waals surface area (Å²) in [5, 5.41) is 3.55. The van der Waals surface area contributed by atoms with E-state index in [4.69, 9.17) is 4.42 Å². The topological polar surface area (TPSA) is 28.4 Å². The van der Waals surface area contributed by atoms with E-state index >= 15 is 0 Å². The van der Waals surface area contributed by atoms with Crippen LogP contribution in [0.3, 0.4) is 0 Å². The van der Waals surface area contributed by atoms with E-state index in [2.05, 4.69) is 50.6 Å². The summed E-state index contributed by atoms with van der Waals surface area (Å²) in [4.78, 5) is 2.37. The number of furan rings is 1. The van der Waals surface area contributed by atoms with E-state index in [1.807, 2.05) is 6.08 Å². The van der Waals surface area contributed by atoms with Gasteiger partial charge in [0.05, 0.1) is 6.54 Å². The van der Waals surface area contributed by atoms with E-state index < -0.39 is 0 Å². The Hall–Kier alpha value is -1.06. The van der Waals surface area contributed by atoms with E-state index in [1.165, 1.54) is 18.4 Å². The van der Waals surface area contributed by atoms with Crippen molar-refractivity contribution in [3.8, 4) is 0 Å². The van der Waals surface area contributed by atoms with Gasteiger partial charge in [-0.15, -0.1) is 6.58 Å². The molecule has 0 spiro atoms. The first-order chi connectivity index (χ1) is 9.40. The fraction of sp³-hybridized carbons (Fsp3) is 0.647. The monoisotopic (exact) mass is 276 g/mol. The Kier molecular flexibility index (Phi) is 4.71. The smallest absolute Gasteiger partial charge is 0.118 e. The van der Waals surface area contributed by atoms with Crippen molar-refractivity contribution in [3.63, 3.8) is 0 Å². The Bertz CT molecular complexity index is 452. The molecular formula is C17H28N2O. The van der Waals surface area contributed by atoms with Gasteiger partial charge in [0.2, 0.25) is 0 Å². The minimum absolute atomic E-state index is 0.112. The second-order valence-corrected chi connectivity index (χ2v) is 6.79. The van der Waals surface area contributed by atoms with E-state index in [1.54, 1.807) is 0 Å². The molecule has 3 heteroatoms. The molecule has 2 rings (SSSR count).